The van der Waals surface area contributed by atoms with Gasteiger partial charge in [0.2, 0.25) is 0 Å². The first kappa shape index (κ1) is 13.0. The Hall–Kier alpha value is -0.997. The Balaban J connectivity index is 0.00000169. The van der Waals surface area contributed by atoms with Gasteiger partial charge in [-0.05, 0) is 6.07 Å². The van der Waals surface area contributed by atoms with Gasteiger partial charge in [-0.15, -0.1) is 0 Å². The molecule has 2 N–H and O–H groups in total. The summed E-state index contributed by atoms with van der Waals surface area (Å²) in [5.74, 6) is -2.82. The zero-order valence-electron chi connectivity index (χ0n) is 6.90. The topological polar surface area (TPSA) is 87.5 Å². The molecule has 0 amide bonds. The quantitative estimate of drug-likeness (QED) is 0.784. The summed E-state index contributed by atoms with van der Waals surface area (Å²) in [5.41, 5.74) is -1.04. The van der Waals surface area contributed by atoms with Crippen LogP contribution in [-0.4, -0.2) is 27.1 Å². The van der Waals surface area contributed by atoms with E-state index >= 15 is 0 Å². The molecular formula is C7H4ClNO4Zn. The van der Waals surface area contributed by atoms with E-state index in [4.69, 9.17) is 21.8 Å². The molecule has 0 saturated carbocycles. The van der Waals surface area contributed by atoms with Gasteiger partial charge in [-0.25, -0.2) is 14.6 Å². The van der Waals surface area contributed by atoms with Crippen LogP contribution in [0.5, 0.6) is 0 Å². The maximum atomic E-state index is 10.6. The fraction of sp³-hybridized carbons (Fsp3) is 0. The Morgan fingerprint density at radius 3 is 2.21 bits per heavy atom. The fourth-order valence-electron chi connectivity index (χ4n) is 0.804. The average Bonchev–Trinajstić information content (AvgIpc) is 2.02. The van der Waals surface area contributed by atoms with E-state index < -0.39 is 23.2 Å². The van der Waals surface area contributed by atoms with Gasteiger partial charge in [0.05, 0.1) is 5.02 Å². The number of hydrogen-bond acceptors (Lipinski definition) is 3. The molecule has 0 aliphatic rings. The molecule has 0 saturated heterocycles. The second-order valence-corrected chi connectivity index (χ2v) is 2.53. The van der Waals surface area contributed by atoms with Crippen LogP contribution in [0.25, 0.3) is 0 Å². The molecule has 0 aliphatic heterocycles. The van der Waals surface area contributed by atoms with Gasteiger partial charge in [0, 0.05) is 25.7 Å². The van der Waals surface area contributed by atoms with E-state index in [1.54, 1.807) is 0 Å². The zero-order valence-corrected chi connectivity index (χ0v) is 10.6. The number of pyridine rings is 1. The Bertz CT molecular complexity index is 382. The van der Waals surface area contributed by atoms with E-state index in [9.17, 15) is 9.59 Å². The van der Waals surface area contributed by atoms with E-state index in [1.165, 1.54) is 6.07 Å². The number of halogens is 1. The third kappa shape index (κ3) is 2.50. The first-order chi connectivity index (χ1) is 6.04. The van der Waals surface area contributed by atoms with Gasteiger partial charge in [0.1, 0.15) is 5.56 Å². The monoisotopic (exact) mass is 265 g/mol. The van der Waals surface area contributed by atoms with Crippen LogP contribution in [0.1, 0.15) is 20.8 Å². The summed E-state index contributed by atoms with van der Waals surface area (Å²) in [6.45, 7) is 0. The van der Waals surface area contributed by atoms with Gasteiger partial charge in [0.15, 0.2) is 5.69 Å². The van der Waals surface area contributed by atoms with Gasteiger partial charge in [-0.3, -0.25) is 0 Å². The summed E-state index contributed by atoms with van der Waals surface area (Å²) in [5, 5.41) is 17.0. The summed E-state index contributed by atoms with van der Waals surface area (Å²) in [7, 11) is 0. The predicted molar refractivity (Wildman–Crippen MR) is 43.2 cm³/mol. The van der Waals surface area contributed by atoms with Gasteiger partial charge in [0.25, 0.3) is 0 Å². The molecule has 70 valence electrons. The number of carboxylic acids is 2. The Kier molecular flexibility index (Phi) is 4.67. The number of carboxylic acid groups (broad SMARTS) is 2. The van der Waals surface area contributed by atoms with Gasteiger partial charge in [-0.2, -0.15) is 0 Å². The standard InChI is InChI=1S/C7H4ClNO4.Zn/c8-3-1-2-9-5(7(12)13)4(3)6(10)11;/h1-2H,(H,10,11)(H,12,13);. The second-order valence-electron chi connectivity index (χ2n) is 2.13. The Morgan fingerprint density at radius 2 is 1.86 bits per heavy atom. The minimum Gasteiger partial charge on any atom is -0.478 e. The van der Waals surface area contributed by atoms with Crippen molar-refractivity contribution in [2.75, 3.05) is 0 Å². The molecule has 0 radical (unpaired) electrons. The summed E-state index contributed by atoms with van der Waals surface area (Å²) in [6.07, 6.45) is 1.14. The summed E-state index contributed by atoms with van der Waals surface area (Å²) in [4.78, 5) is 24.4. The summed E-state index contributed by atoms with van der Waals surface area (Å²) >= 11 is 5.48. The molecule has 1 rings (SSSR count). The molecule has 0 atom stereocenters. The predicted octanol–water partition coefficient (Wildman–Crippen LogP) is 1.13. The van der Waals surface area contributed by atoms with Crippen molar-refractivity contribution >= 4 is 23.5 Å². The van der Waals surface area contributed by atoms with E-state index in [2.05, 4.69) is 4.98 Å². The minimum atomic E-state index is -1.42. The van der Waals surface area contributed by atoms with Crippen molar-refractivity contribution in [2.45, 2.75) is 0 Å². The van der Waals surface area contributed by atoms with E-state index in [0.29, 0.717) is 0 Å². The van der Waals surface area contributed by atoms with E-state index in [1.807, 2.05) is 0 Å². The number of carbonyl (C=O) groups is 2. The first-order valence-corrected chi connectivity index (χ1v) is 3.53. The Morgan fingerprint density at radius 1 is 1.29 bits per heavy atom. The molecule has 0 aliphatic carbocycles. The maximum Gasteiger partial charge on any atom is 0.355 e. The SMILES string of the molecule is O=C(O)c1nccc(Cl)c1C(=O)O.[Zn]. The smallest absolute Gasteiger partial charge is 0.355 e. The van der Waals surface area contributed by atoms with Crippen LogP contribution < -0.4 is 0 Å². The van der Waals surface area contributed by atoms with Crippen molar-refractivity contribution in [3.05, 3.63) is 28.5 Å². The van der Waals surface area contributed by atoms with Crippen LogP contribution in [-0.2, 0) is 19.5 Å². The van der Waals surface area contributed by atoms with Crippen molar-refractivity contribution in [3.8, 4) is 0 Å². The van der Waals surface area contributed by atoms with Crippen molar-refractivity contribution in [2.24, 2.45) is 0 Å². The molecule has 0 aromatic carbocycles. The zero-order chi connectivity index (χ0) is 10.0. The molecule has 0 bridgehead atoms. The Labute approximate surface area is 96.5 Å². The van der Waals surface area contributed by atoms with Crippen LogP contribution in [0.15, 0.2) is 12.3 Å². The molecule has 1 heterocycles. The van der Waals surface area contributed by atoms with Crippen LogP contribution in [0, 0.1) is 0 Å². The molecule has 0 unspecified atom stereocenters. The van der Waals surface area contributed by atoms with Crippen LogP contribution >= 0.6 is 11.6 Å². The largest absolute Gasteiger partial charge is 0.478 e. The van der Waals surface area contributed by atoms with E-state index in [-0.39, 0.29) is 24.5 Å². The number of hydrogen-bond donors (Lipinski definition) is 2. The molecule has 1 aromatic heterocycles. The third-order valence-corrected chi connectivity index (χ3v) is 1.63. The molecule has 14 heavy (non-hydrogen) atoms. The van der Waals surface area contributed by atoms with Gasteiger partial charge < -0.3 is 10.2 Å². The van der Waals surface area contributed by atoms with Crippen LogP contribution in [0.2, 0.25) is 5.02 Å². The van der Waals surface area contributed by atoms with Gasteiger partial charge >= 0.3 is 11.9 Å². The van der Waals surface area contributed by atoms with Crippen LogP contribution in [0.3, 0.4) is 0 Å². The third-order valence-electron chi connectivity index (χ3n) is 1.32. The van der Waals surface area contributed by atoms with E-state index in [0.717, 1.165) is 6.20 Å². The summed E-state index contributed by atoms with van der Waals surface area (Å²) in [6, 6.07) is 1.22. The molecule has 0 fully saturated rings. The first-order valence-electron chi connectivity index (χ1n) is 3.15. The molecule has 7 heteroatoms. The average molecular weight is 267 g/mol. The van der Waals surface area contributed by atoms with Gasteiger partial charge in [-0.1, -0.05) is 11.6 Å². The number of aromatic nitrogens is 1. The molecule has 1 aromatic rings. The fourth-order valence-corrected chi connectivity index (χ4v) is 1.03. The molecular weight excluding hydrogens is 263 g/mol. The molecule has 0 spiro atoms. The van der Waals surface area contributed by atoms with Crippen LogP contribution in [0.4, 0.5) is 0 Å². The number of aromatic carboxylic acids is 2. The molecule has 5 nitrogen and oxygen atoms in total. The minimum absolute atomic E-state index is 0. The van der Waals surface area contributed by atoms with Crippen molar-refractivity contribution < 1.29 is 39.3 Å². The van der Waals surface area contributed by atoms with Crippen molar-refractivity contribution in [1.29, 1.82) is 0 Å². The maximum absolute atomic E-state index is 10.6. The number of nitrogens with zero attached hydrogens (tertiary/aromatic N) is 1. The van der Waals surface area contributed by atoms with Crippen molar-refractivity contribution in [3.63, 3.8) is 0 Å². The van der Waals surface area contributed by atoms with Crippen molar-refractivity contribution in [1.82, 2.24) is 4.98 Å². The summed E-state index contributed by atoms with van der Waals surface area (Å²) < 4.78 is 0. The second kappa shape index (κ2) is 5.03. The normalized spacial score (nSPS) is 8.93. The number of rotatable bonds is 2.